The number of carbonyl (C=O) groups is 1. The lowest BCUT2D eigenvalue weighted by molar-refractivity contribution is -0.135. The van der Waals surface area contributed by atoms with E-state index in [4.69, 9.17) is 6.42 Å². The molecule has 1 fully saturated rings. The SMILES string of the molecule is C#CCN1CCN(C(=O)[C@@H]2Cc3ccccc3CN2)CC1. The van der Waals surface area contributed by atoms with Crippen LogP contribution in [-0.4, -0.2) is 54.5 Å². The number of benzene rings is 1. The lowest BCUT2D eigenvalue weighted by Crippen LogP contribution is -2.55. The quantitative estimate of drug-likeness (QED) is 0.802. The second-order valence-corrected chi connectivity index (χ2v) is 5.71. The lowest BCUT2D eigenvalue weighted by atomic mass is 9.95. The number of rotatable bonds is 2. The highest BCUT2D eigenvalue weighted by atomic mass is 16.2. The van der Waals surface area contributed by atoms with Gasteiger partial charge in [0.25, 0.3) is 0 Å². The van der Waals surface area contributed by atoms with Crippen LogP contribution in [0, 0.1) is 12.3 Å². The molecule has 0 aliphatic carbocycles. The van der Waals surface area contributed by atoms with Crippen LogP contribution >= 0.6 is 0 Å². The number of hydrogen-bond acceptors (Lipinski definition) is 3. The van der Waals surface area contributed by atoms with E-state index in [9.17, 15) is 4.79 Å². The Morgan fingerprint density at radius 1 is 1.24 bits per heavy atom. The van der Waals surface area contributed by atoms with Gasteiger partial charge in [-0.2, -0.15) is 0 Å². The standard InChI is InChI=1S/C17H21N3O/c1-2-7-19-8-10-20(11-9-19)17(21)16-12-14-5-3-4-6-15(14)13-18-16/h1,3-6,16,18H,7-13H2/t16-/m0/s1. The zero-order valence-electron chi connectivity index (χ0n) is 12.2. The molecule has 1 aromatic carbocycles. The minimum atomic E-state index is -0.0842. The Morgan fingerprint density at radius 2 is 1.95 bits per heavy atom. The van der Waals surface area contributed by atoms with Gasteiger partial charge in [0, 0.05) is 32.7 Å². The smallest absolute Gasteiger partial charge is 0.240 e. The van der Waals surface area contributed by atoms with E-state index < -0.39 is 0 Å². The van der Waals surface area contributed by atoms with Gasteiger partial charge >= 0.3 is 0 Å². The highest BCUT2D eigenvalue weighted by Crippen LogP contribution is 2.18. The van der Waals surface area contributed by atoms with Crippen molar-refractivity contribution in [2.45, 2.75) is 19.0 Å². The van der Waals surface area contributed by atoms with Gasteiger partial charge in [-0.25, -0.2) is 0 Å². The molecular formula is C17H21N3O. The molecule has 0 saturated carbocycles. The third kappa shape index (κ3) is 3.10. The van der Waals surface area contributed by atoms with Crippen LogP contribution in [0.15, 0.2) is 24.3 Å². The first-order valence-corrected chi connectivity index (χ1v) is 7.52. The topological polar surface area (TPSA) is 35.6 Å². The molecule has 21 heavy (non-hydrogen) atoms. The molecule has 4 heteroatoms. The van der Waals surface area contributed by atoms with Crippen LogP contribution in [0.2, 0.25) is 0 Å². The second-order valence-electron chi connectivity index (χ2n) is 5.71. The van der Waals surface area contributed by atoms with Crippen molar-refractivity contribution in [1.29, 1.82) is 0 Å². The second kappa shape index (κ2) is 6.30. The first-order valence-electron chi connectivity index (χ1n) is 7.52. The predicted octanol–water partition coefficient (Wildman–Crippen LogP) is 0.478. The van der Waals surface area contributed by atoms with E-state index in [1.54, 1.807) is 0 Å². The van der Waals surface area contributed by atoms with Crippen molar-refractivity contribution in [2.75, 3.05) is 32.7 Å². The zero-order valence-corrected chi connectivity index (χ0v) is 12.2. The summed E-state index contributed by atoms with van der Waals surface area (Å²) in [6, 6.07) is 8.26. The predicted molar refractivity (Wildman–Crippen MR) is 82.6 cm³/mol. The molecule has 3 rings (SSSR count). The third-order valence-electron chi connectivity index (χ3n) is 4.38. The fraction of sp³-hybridized carbons (Fsp3) is 0.471. The monoisotopic (exact) mass is 283 g/mol. The molecule has 0 aromatic heterocycles. The largest absolute Gasteiger partial charge is 0.339 e. The number of hydrogen-bond donors (Lipinski definition) is 1. The van der Waals surface area contributed by atoms with Gasteiger partial charge in [-0.1, -0.05) is 30.2 Å². The maximum absolute atomic E-state index is 12.6. The summed E-state index contributed by atoms with van der Waals surface area (Å²) in [5.41, 5.74) is 2.60. The van der Waals surface area contributed by atoms with Gasteiger partial charge < -0.3 is 10.2 Å². The van der Waals surface area contributed by atoms with Crippen LogP contribution in [0.3, 0.4) is 0 Å². The van der Waals surface area contributed by atoms with Gasteiger partial charge in [-0.05, 0) is 17.5 Å². The molecule has 2 heterocycles. The van der Waals surface area contributed by atoms with E-state index in [2.05, 4.69) is 28.3 Å². The molecule has 1 aromatic rings. The number of carbonyl (C=O) groups excluding carboxylic acids is 1. The van der Waals surface area contributed by atoms with Gasteiger partial charge in [0.05, 0.1) is 12.6 Å². The fourth-order valence-corrected chi connectivity index (χ4v) is 3.10. The summed E-state index contributed by atoms with van der Waals surface area (Å²) < 4.78 is 0. The van der Waals surface area contributed by atoms with Crippen LogP contribution in [0.1, 0.15) is 11.1 Å². The third-order valence-corrected chi connectivity index (χ3v) is 4.38. The number of terminal acetylenes is 1. The van der Waals surface area contributed by atoms with E-state index in [1.807, 2.05) is 17.0 Å². The van der Waals surface area contributed by atoms with Gasteiger partial charge in [-0.3, -0.25) is 9.69 Å². The molecule has 1 saturated heterocycles. The van der Waals surface area contributed by atoms with Crippen molar-refractivity contribution >= 4 is 5.91 Å². The molecule has 0 radical (unpaired) electrons. The molecular weight excluding hydrogens is 262 g/mol. The Hall–Kier alpha value is -1.83. The van der Waals surface area contributed by atoms with Crippen molar-refractivity contribution in [1.82, 2.24) is 15.1 Å². The van der Waals surface area contributed by atoms with Crippen LogP contribution in [0.25, 0.3) is 0 Å². The zero-order chi connectivity index (χ0) is 14.7. The fourth-order valence-electron chi connectivity index (χ4n) is 3.10. The average Bonchev–Trinajstić information content (AvgIpc) is 2.55. The molecule has 0 spiro atoms. The van der Waals surface area contributed by atoms with E-state index >= 15 is 0 Å². The molecule has 110 valence electrons. The van der Waals surface area contributed by atoms with Crippen LogP contribution < -0.4 is 5.32 Å². The first-order chi connectivity index (χ1) is 10.3. The van der Waals surface area contributed by atoms with Crippen LogP contribution in [0.4, 0.5) is 0 Å². The maximum Gasteiger partial charge on any atom is 0.240 e. The van der Waals surface area contributed by atoms with Crippen molar-refractivity contribution in [2.24, 2.45) is 0 Å². The highest BCUT2D eigenvalue weighted by molar-refractivity contribution is 5.82. The van der Waals surface area contributed by atoms with Crippen molar-refractivity contribution < 1.29 is 4.79 Å². The summed E-state index contributed by atoms with van der Waals surface area (Å²) in [6.45, 7) is 4.76. The summed E-state index contributed by atoms with van der Waals surface area (Å²) >= 11 is 0. The summed E-state index contributed by atoms with van der Waals surface area (Å²) in [6.07, 6.45) is 6.12. The minimum absolute atomic E-state index is 0.0842. The number of nitrogens with zero attached hydrogens (tertiary/aromatic N) is 2. The number of piperazine rings is 1. The molecule has 0 unspecified atom stereocenters. The lowest BCUT2D eigenvalue weighted by Gasteiger charge is -2.37. The Labute approximate surface area is 126 Å². The van der Waals surface area contributed by atoms with E-state index in [-0.39, 0.29) is 11.9 Å². The number of fused-ring (bicyclic) bond motifs is 1. The molecule has 1 atom stereocenters. The molecule has 4 nitrogen and oxygen atoms in total. The van der Waals surface area contributed by atoms with Crippen molar-refractivity contribution in [3.63, 3.8) is 0 Å². The molecule has 2 aliphatic rings. The molecule has 1 N–H and O–H groups in total. The van der Waals surface area contributed by atoms with E-state index in [0.29, 0.717) is 6.54 Å². The molecule has 1 amide bonds. The Morgan fingerprint density at radius 3 is 2.67 bits per heavy atom. The number of amides is 1. The van der Waals surface area contributed by atoms with Gasteiger partial charge in [-0.15, -0.1) is 6.42 Å². The highest BCUT2D eigenvalue weighted by Gasteiger charge is 2.29. The summed E-state index contributed by atoms with van der Waals surface area (Å²) in [5.74, 6) is 2.89. The average molecular weight is 283 g/mol. The Balaban J connectivity index is 1.59. The number of nitrogens with one attached hydrogen (secondary N) is 1. The normalized spacial score (nSPS) is 22.4. The molecule has 0 bridgehead atoms. The van der Waals surface area contributed by atoms with Gasteiger partial charge in [0.15, 0.2) is 0 Å². The van der Waals surface area contributed by atoms with Crippen LogP contribution in [-0.2, 0) is 17.8 Å². The maximum atomic E-state index is 12.6. The van der Waals surface area contributed by atoms with Crippen molar-refractivity contribution in [3.05, 3.63) is 35.4 Å². The summed E-state index contributed by atoms with van der Waals surface area (Å²) in [4.78, 5) is 16.8. The summed E-state index contributed by atoms with van der Waals surface area (Å²) in [7, 11) is 0. The van der Waals surface area contributed by atoms with Gasteiger partial charge in [0.2, 0.25) is 5.91 Å². The van der Waals surface area contributed by atoms with Crippen molar-refractivity contribution in [3.8, 4) is 12.3 Å². The first kappa shape index (κ1) is 14.1. The summed E-state index contributed by atoms with van der Waals surface area (Å²) in [5, 5.41) is 3.37. The Bertz CT molecular complexity index is 555. The van der Waals surface area contributed by atoms with Gasteiger partial charge in [0.1, 0.15) is 0 Å². The Kier molecular flexibility index (Phi) is 4.23. The minimum Gasteiger partial charge on any atom is -0.339 e. The van der Waals surface area contributed by atoms with E-state index in [0.717, 1.165) is 39.1 Å². The van der Waals surface area contributed by atoms with Crippen LogP contribution in [0.5, 0.6) is 0 Å². The van der Waals surface area contributed by atoms with E-state index in [1.165, 1.54) is 11.1 Å². The molecule has 2 aliphatic heterocycles.